The summed E-state index contributed by atoms with van der Waals surface area (Å²) in [6, 6.07) is -1.57. The average Bonchev–Trinajstić information content (AvgIpc) is 2.30. The molecular formula is C11H17F3N2O2. The Kier molecular flexibility index (Phi) is 4.59. The van der Waals surface area contributed by atoms with E-state index >= 15 is 0 Å². The van der Waals surface area contributed by atoms with Crippen molar-refractivity contribution in [3.63, 3.8) is 0 Å². The number of rotatable bonds is 3. The SMILES string of the molecule is CCCC1NC(=O)CC(C)N(CC(F)(F)F)C1=O. The molecule has 2 unspecified atom stereocenters. The van der Waals surface area contributed by atoms with Crippen molar-refractivity contribution in [1.29, 1.82) is 0 Å². The number of hydrogen-bond donors (Lipinski definition) is 1. The number of carbonyl (C=O) groups excluding carboxylic acids is 2. The van der Waals surface area contributed by atoms with Crippen LogP contribution < -0.4 is 5.32 Å². The van der Waals surface area contributed by atoms with Crippen LogP contribution in [0.2, 0.25) is 0 Å². The predicted octanol–water partition coefficient (Wildman–Crippen LogP) is 1.45. The topological polar surface area (TPSA) is 49.4 Å². The van der Waals surface area contributed by atoms with E-state index in [1.807, 2.05) is 6.92 Å². The highest BCUT2D eigenvalue weighted by Gasteiger charge is 2.40. The molecule has 1 heterocycles. The molecule has 0 aromatic heterocycles. The maximum Gasteiger partial charge on any atom is 0.406 e. The smallest absolute Gasteiger partial charge is 0.344 e. The lowest BCUT2D eigenvalue weighted by atomic mass is 10.1. The Morgan fingerprint density at radius 1 is 1.39 bits per heavy atom. The molecule has 104 valence electrons. The van der Waals surface area contributed by atoms with Gasteiger partial charge in [-0.2, -0.15) is 13.2 Å². The maximum absolute atomic E-state index is 12.4. The first-order valence-corrected chi connectivity index (χ1v) is 5.91. The Morgan fingerprint density at radius 3 is 2.50 bits per heavy atom. The lowest BCUT2D eigenvalue weighted by Gasteiger charge is -2.29. The molecule has 1 fully saturated rings. The van der Waals surface area contributed by atoms with Gasteiger partial charge in [0.1, 0.15) is 12.6 Å². The zero-order chi connectivity index (χ0) is 13.9. The van der Waals surface area contributed by atoms with Crippen molar-refractivity contribution in [2.24, 2.45) is 0 Å². The molecule has 2 atom stereocenters. The quantitative estimate of drug-likeness (QED) is 0.840. The Bertz CT molecular complexity index is 331. The van der Waals surface area contributed by atoms with Gasteiger partial charge in [-0.05, 0) is 13.3 Å². The van der Waals surface area contributed by atoms with Gasteiger partial charge < -0.3 is 10.2 Å². The van der Waals surface area contributed by atoms with E-state index < -0.39 is 30.7 Å². The van der Waals surface area contributed by atoms with Crippen LogP contribution in [0, 0.1) is 0 Å². The van der Waals surface area contributed by atoms with Gasteiger partial charge in [0.05, 0.1) is 0 Å². The number of nitrogens with zero attached hydrogens (tertiary/aromatic N) is 1. The van der Waals surface area contributed by atoms with E-state index in [2.05, 4.69) is 5.32 Å². The van der Waals surface area contributed by atoms with E-state index in [0.29, 0.717) is 12.8 Å². The normalized spacial score (nSPS) is 25.9. The Labute approximate surface area is 104 Å². The number of halogens is 3. The highest BCUT2D eigenvalue weighted by atomic mass is 19.4. The van der Waals surface area contributed by atoms with Crippen molar-refractivity contribution >= 4 is 11.8 Å². The van der Waals surface area contributed by atoms with E-state index in [-0.39, 0.29) is 12.3 Å². The minimum Gasteiger partial charge on any atom is -0.344 e. The van der Waals surface area contributed by atoms with Crippen LogP contribution in [0.5, 0.6) is 0 Å². The minimum atomic E-state index is -4.45. The van der Waals surface area contributed by atoms with Gasteiger partial charge in [0.2, 0.25) is 11.8 Å². The Hall–Kier alpha value is -1.27. The summed E-state index contributed by atoms with van der Waals surface area (Å²) in [7, 11) is 0. The van der Waals surface area contributed by atoms with Gasteiger partial charge in [-0.25, -0.2) is 0 Å². The van der Waals surface area contributed by atoms with Crippen molar-refractivity contribution in [3.05, 3.63) is 0 Å². The Balaban J connectivity index is 2.90. The second-order valence-electron chi connectivity index (χ2n) is 4.54. The summed E-state index contributed by atoms with van der Waals surface area (Å²) in [5, 5.41) is 2.48. The molecule has 1 N–H and O–H groups in total. The molecule has 7 heteroatoms. The predicted molar refractivity (Wildman–Crippen MR) is 58.7 cm³/mol. The van der Waals surface area contributed by atoms with Crippen LogP contribution >= 0.6 is 0 Å². The van der Waals surface area contributed by atoms with Gasteiger partial charge in [-0.15, -0.1) is 0 Å². The van der Waals surface area contributed by atoms with Crippen LogP contribution in [0.1, 0.15) is 33.1 Å². The maximum atomic E-state index is 12.4. The second kappa shape index (κ2) is 5.58. The van der Waals surface area contributed by atoms with Gasteiger partial charge in [0.25, 0.3) is 0 Å². The standard InChI is InChI=1S/C11H17F3N2O2/c1-3-4-8-10(18)16(6-11(12,13)14)7(2)5-9(17)15-8/h7-8H,3-6H2,1-2H3,(H,15,17). The second-order valence-corrected chi connectivity index (χ2v) is 4.54. The number of carbonyl (C=O) groups is 2. The molecule has 0 radical (unpaired) electrons. The average molecular weight is 266 g/mol. The third-order valence-corrected chi connectivity index (χ3v) is 2.86. The van der Waals surface area contributed by atoms with Gasteiger partial charge in [-0.3, -0.25) is 9.59 Å². The third kappa shape index (κ3) is 3.89. The largest absolute Gasteiger partial charge is 0.406 e. The molecule has 2 amide bonds. The summed E-state index contributed by atoms with van der Waals surface area (Å²) in [5.74, 6) is -1.02. The van der Waals surface area contributed by atoms with Crippen molar-refractivity contribution in [2.75, 3.05) is 6.54 Å². The first-order valence-electron chi connectivity index (χ1n) is 5.91. The summed E-state index contributed by atoms with van der Waals surface area (Å²) >= 11 is 0. The molecule has 18 heavy (non-hydrogen) atoms. The summed E-state index contributed by atoms with van der Waals surface area (Å²) in [4.78, 5) is 24.2. The number of amides is 2. The van der Waals surface area contributed by atoms with Gasteiger partial charge in [-0.1, -0.05) is 13.3 Å². The minimum absolute atomic E-state index is 0.0952. The fourth-order valence-electron chi connectivity index (χ4n) is 2.02. The van der Waals surface area contributed by atoms with Crippen LogP contribution in [-0.2, 0) is 9.59 Å². The van der Waals surface area contributed by atoms with Crippen LogP contribution in [0.15, 0.2) is 0 Å². The first kappa shape index (κ1) is 14.8. The van der Waals surface area contributed by atoms with Crippen molar-refractivity contribution < 1.29 is 22.8 Å². The first-order chi connectivity index (χ1) is 8.24. The molecule has 0 spiro atoms. The zero-order valence-corrected chi connectivity index (χ0v) is 10.4. The number of hydrogen-bond acceptors (Lipinski definition) is 2. The number of alkyl halides is 3. The van der Waals surface area contributed by atoms with Crippen molar-refractivity contribution in [2.45, 2.75) is 51.4 Å². The number of nitrogens with one attached hydrogen (secondary N) is 1. The molecule has 0 aromatic rings. The van der Waals surface area contributed by atoms with Crippen molar-refractivity contribution in [1.82, 2.24) is 10.2 Å². The fourth-order valence-corrected chi connectivity index (χ4v) is 2.02. The molecule has 0 bridgehead atoms. The zero-order valence-electron chi connectivity index (χ0n) is 10.4. The lowest BCUT2D eigenvalue weighted by Crippen LogP contribution is -2.49. The summed E-state index contributed by atoms with van der Waals surface area (Å²) < 4.78 is 37.3. The van der Waals surface area contributed by atoms with Gasteiger partial charge in [0.15, 0.2) is 0 Å². The molecule has 0 aliphatic carbocycles. The molecular weight excluding hydrogens is 249 g/mol. The van der Waals surface area contributed by atoms with E-state index in [1.165, 1.54) is 6.92 Å². The summed E-state index contributed by atoms with van der Waals surface area (Å²) in [6.07, 6.45) is -3.58. The van der Waals surface area contributed by atoms with Gasteiger partial charge in [0, 0.05) is 12.5 Å². The molecule has 1 aliphatic rings. The van der Waals surface area contributed by atoms with E-state index in [1.54, 1.807) is 0 Å². The molecule has 0 saturated carbocycles. The molecule has 0 aromatic carbocycles. The summed E-state index contributed by atoms with van der Waals surface area (Å²) in [6.45, 7) is 1.96. The van der Waals surface area contributed by atoms with Crippen molar-refractivity contribution in [3.8, 4) is 0 Å². The molecule has 4 nitrogen and oxygen atoms in total. The van der Waals surface area contributed by atoms with E-state index in [0.717, 1.165) is 4.90 Å². The van der Waals surface area contributed by atoms with E-state index in [9.17, 15) is 22.8 Å². The van der Waals surface area contributed by atoms with Crippen LogP contribution in [0.25, 0.3) is 0 Å². The molecule has 1 aliphatic heterocycles. The van der Waals surface area contributed by atoms with Crippen LogP contribution in [0.3, 0.4) is 0 Å². The highest BCUT2D eigenvalue weighted by molar-refractivity contribution is 5.90. The van der Waals surface area contributed by atoms with Gasteiger partial charge >= 0.3 is 6.18 Å². The molecule has 1 rings (SSSR count). The van der Waals surface area contributed by atoms with Crippen LogP contribution in [0.4, 0.5) is 13.2 Å². The van der Waals surface area contributed by atoms with Crippen LogP contribution in [-0.4, -0.2) is 41.5 Å². The van der Waals surface area contributed by atoms with E-state index in [4.69, 9.17) is 0 Å². The Morgan fingerprint density at radius 2 is 2.00 bits per heavy atom. The summed E-state index contributed by atoms with van der Waals surface area (Å²) in [5.41, 5.74) is 0. The highest BCUT2D eigenvalue weighted by Crippen LogP contribution is 2.22. The molecule has 1 saturated heterocycles. The third-order valence-electron chi connectivity index (χ3n) is 2.86. The lowest BCUT2D eigenvalue weighted by molar-refractivity contribution is -0.165. The monoisotopic (exact) mass is 266 g/mol. The fraction of sp³-hybridized carbons (Fsp3) is 0.818.